The number of amides is 1. The van der Waals surface area contributed by atoms with E-state index in [1.54, 1.807) is 17.0 Å². The highest BCUT2D eigenvalue weighted by molar-refractivity contribution is 6.29. The maximum absolute atomic E-state index is 11.9. The predicted molar refractivity (Wildman–Crippen MR) is 60.4 cm³/mol. The summed E-state index contributed by atoms with van der Waals surface area (Å²) >= 11 is 5.64. The van der Waals surface area contributed by atoms with E-state index in [4.69, 9.17) is 11.6 Å². The molecule has 1 fully saturated rings. The van der Waals surface area contributed by atoms with E-state index in [0.717, 1.165) is 0 Å². The Morgan fingerprint density at radius 3 is 2.81 bits per heavy atom. The maximum Gasteiger partial charge on any atom is 0.255 e. The molecule has 0 atom stereocenters. The molecule has 1 aliphatic rings. The number of aromatic nitrogens is 1. The molecule has 2 heterocycles. The van der Waals surface area contributed by atoms with Gasteiger partial charge in [-0.3, -0.25) is 4.79 Å². The molecule has 86 valence electrons. The molecular formula is C11H13ClN2O2. The number of pyridine rings is 1. The van der Waals surface area contributed by atoms with Gasteiger partial charge in [0.15, 0.2) is 0 Å². The van der Waals surface area contributed by atoms with Gasteiger partial charge in [0.2, 0.25) is 0 Å². The Labute approximate surface area is 98.9 Å². The van der Waals surface area contributed by atoms with Crippen molar-refractivity contribution in [1.82, 2.24) is 9.88 Å². The first-order chi connectivity index (χ1) is 7.54. The van der Waals surface area contributed by atoms with E-state index in [9.17, 15) is 9.90 Å². The summed E-state index contributed by atoms with van der Waals surface area (Å²) in [6.07, 6.45) is 2.11. The first-order valence-electron chi connectivity index (χ1n) is 5.17. The van der Waals surface area contributed by atoms with Gasteiger partial charge in [0, 0.05) is 6.20 Å². The van der Waals surface area contributed by atoms with Gasteiger partial charge in [-0.1, -0.05) is 18.5 Å². The Balaban J connectivity index is 2.03. The van der Waals surface area contributed by atoms with Crippen molar-refractivity contribution in [3.05, 3.63) is 29.0 Å². The molecule has 0 unspecified atom stereocenters. The van der Waals surface area contributed by atoms with Gasteiger partial charge in [0.05, 0.1) is 24.3 Å². The van der Waals surface area contributed by atoms with Crippen LogP contribution in [0, 0.1) is 0 Å². The van der Waals surface area contributed by atoms with E-state index in [1.807, 2.05) is 6.92 Å². The lowest BCUT2D eigenvalue weighted by molar-refractivity contribution is -0.0826. The van der Waals surface area contributed by atoms with Crippen LogP contribution in [-0.2, 0) is 0 Å². The largest absolute Gasteiger partial charge is 0.386 e. The number of hydrogen-bond donors (Lipinski definition) is 1. The molecule has 5 heteroatoms. The molecule has 1 aliphatic heterocycles. The maximum atomic E-state index is 11.9. The fraction of sp³-hybridized carbons (Fsp3) is 0.455. The zero-order valence-corrected chi connectivity index (χ0v) is 9.74. The molecule has 16 heavy (non-hydrogen) atoms. The lowest BCUT2D eigenvalue weighted by Gasteiger charge is -2.46. The van der Waals surface area contributed by atoms with Crippen LogP contribution >= 0.6 is 11.6 Å². The molecule has 1 N–H and O–H groups in total. The molecule has 1 aromatic heterocycles. The highest BCUT2D eigenvalue weighted by atomic mass is 35.5. The van der Waals surface area contributed by atoms with Crippen molar-refractivity contribution in [3.63, 3.8) is 0 Å². The third-order valence-electron chi connectivity index (χ3n) is 2.89. The molecule has 1 aromatic rings. The summed E-state index contributed by atoms with van der Waals surface area (Å²) in [6, 6.07) is 3.22. The number of rotatable bonds is 2. The van der Waals surface area contributed by atoms with Crippen molar-refractivity contribution in [2.75, 3.05) is 13.1 Å². The van der Waals surface area contributed by atoms with Gasteiger partial charge < -0.3 is 10.0 Å². The van der Waals surface area contributed by atoms with Gasteiger partial charge in [-0.15, -0.1) is 0 Å². The van der Waals surface area contributed by atoms with E-state index in [1.165, 1.54) is 6.20 Å². The van der Waals surface area contributed by atoms with Crippen molar-refractivity contribution in [1.29, 1.82) is 0 Å². The first kappa shape index (κ1) is 11.4. The summed E-state index contributed by atoms with van der Waals surface area (Å²) < 4.78 is 0. The number of carbonyl (C=O) groups is 1. The molecular weight excluding hydrogens is 228 g/mol. The summed E-state index contributed by atoms with van der Waals surface area (Å²) in [7, 11) is 0. The predicted octanol–water partition coefficient (Wildman–Crippen LogP) is 1.33. The van der Waals surface area contributed by atoms with Crippen LogP contribution in [0.3, 0.4) is 0 Å². The Morgan fingerprint density at radius 2 is 2.31 bits per heavy atom. The lowest BCUT2D eigenvalue weighted by atomic mass is 9.91. The van der Waals surface area contributed by atoms with Gasteiger partial charge in [-0.2, -0.15) is 0 Å². The highest BCUT2D eigenvalue weighted by Crippen LogP contribution is 2.25. The van der Waals surface area contributed by atoms with Gasteiger partial charge >= 0.3 is 0 Å². The fourth-order valence-electron chi connectivity index (χ4n) is 1.72. The molecule has 1 saturated heterocycles. The molecule has 4 nitrogen and oxygen atoms in total. The average Bonchev–Trinajstić information content (AvgIpc) is 2.25. The normalized spacial score (nSPS) is 18.1. The number of nitrogens with zero attached hydrogens (tertiary/aromatic N) is 2. The summed E-state index contributed by atoms with van der Waals surface area (Å²) in [5.74, 6) is -0.109. The van der Waals surface area contributed by atoms with Crippen LogP contribution in [0.4, 0.5) is 0 Å². The third-order valence-corrected chi connectivity index (χ3v) is 3.11. The zero-order chi connectivity index (χ0) is 11.8. The van der Waals surface area contributed by atoms with Crippen molar-refractivity contribution >= 4 is 17.5 Å². The number of carbonyl (C=O) groups excluding carboxylic acids is 1. The zero-order valence-electron chi connectivity index (χ0n) is 8.98. The second kappa shape index (κ2) is 4.03. The summed E-state index contributed by atoms with van der Waals surface area (Å²) in [5.41, 5.74) is -0.197. The average molecular weight is 241 g/mol. The third kappa shape index (κ3) is 2.03. The molecule has 0 radical (unpaired) electrons. The Bertz CT molecular complexity index is 399. The second-order valence-electron chi connectivity index (χ2n) is 4.11. The molecule has 0 saturated carbocycles. The number of hydrogen-bond acceptors (Lipinski definition) is 3. The monoisotopic (exact) mass is 240 g/mol. The van der Waals surface area contributed by atoms with Crippen LogP contribution in [0.1, 0.15) is 23.7 Å². The van der Waals surface area contributed by atoms with Crippen LogP contribution in [0.2, 0.25) is 5.15 Å². The van der Waals surface area contributed by atoms with Gasteiger partial charge in [-0.05, 0) is 18.6 Å². The van der Waals surface area contributed by atoms with E-state index in [2.05, 4.69) is 4.98 Å². The number of likely N-dealkylation sites (tertiary alicyclic amines) is 1. The molecule has 0 spiro atoms. The minimum atomic E-state index is -0.699. The van der Waals surface area contributed by atoms with E-state index in [0.29, 0.717) is 30.2 Å². The summed E-state index contributed by atoms with van der Waals surface area (Å²) in [5, 5.41) is 10.2. The summed E-state index contributed by atoms with van der Waals surface area (Å²) in [4.78, 5) is 17.3. The Hall–Kier alpha value is -1.13. The minimum absolute atomic E-state index is 0.109. The minimum Gasteiger partial charge on any atom is -0.386 e. The SMILES string of the molecule is CCC1(O)CN(C(=O)c2ccc(Cl)nc2)C1. The summed E-state index contributed by atoms with van der Waals surface area (Å²) in [6.45, 7) is 2.70. The van der Waals surface area contributed by atoms with Crippen molar-refractivity contribution in [2.24, 2.45) is 0 Å². The van der Waals surface area contributed by atoms with Crippen molar-refractivity contribution in [2.45, 2.75) is 18.9 Å². The van der Waals surface area contributed by atoms with Crippen LogP contribution < -0.4 is 0 Å². The van der Waals surface area contributed by atoms with Crippen molar-refractivity contribution < 1.29 is 9.90 Å². The Morgan fingerprint density at radius 1 is 1.62 bits per heavy atom. The Kier molecular flexibility index (Phi) is 2.86. The van der Waals surface area contributed by atoms with Crippen LogP contribution in [0.5, 0.6) is 0 Å². The molecule has 0 aliphatic carbocycles. The van der Waals surface area contributed by atoms with Gasteiger partial charge in [0.25, 0.3) is 5.91 Å². The first-order valence-corrected chi connectivity index (χ1v) is 5.55. The van der Waals surface area contributed by atoms with E-state index < -0.39 is 5.60 Å². The van der Waals surface area contributed by atoms with Crippen LogP contribution in [0.25, 0.3) is 0 Å². The molecule has 0 bridgehead atoms. The number of aliphatic hydroxyl groups is 1. The molecule has 0 aromatic carbocycles. The van der Waals surface area contributed by atoms with Crippen molar-refractivity contribution in [3.8, 4) is 0 Å². The standard InChI is InChI=1S/C11H13ClN2O2/c1-2-11(16)6-14(7-11)10(15)8-3-4-9(12)13-5-8/h3-5,16H,2,6-7H2,1H3. The molecule has 1 amide bonds. The topological polar surface area (TPSA) is 53.4 Å². The second-order valence-corrected chi connectivity index (χ2v) is 4.50. The highest BCUT2D eigenvalue weighted by Gasteiger charge is 2.42. The van der Waals surface area contributed by atoms with Gasteiger partial charge in [0.1, 0.15) is 5.15 Å². The number of halogens is 1. The fourth-order valence-corrected chi connectivity index (χ4v) is 1.83. The lowest BCUT2D eigenvalue weighted by Crippen LogP contribution is -2.63. The van der Waals surface area contributed by atoms with Crippen LogP contribution in [0.15, 0.2) is 18.3 Å². The van der Waals surface area contributed by atoms with Crippen LogP contribution in [-0.4, -0.2) is 39.6 Å². The number of β-amino-alcohol motifs (C(OH)–C–C–N with tert-alkyl or cyclic N) is 1. The van der Waals surface area contributed by atoms with E-state index in [-0.39, 0.29) is 5.91 Å². The van der Waals surface area contributed by atoms with Gasteiger partial charge in [-0.25, -0.2) is 4.98 Å². The smallest absolute Gasteiger partial charge is 0.255 e. The molecule has 2 rings (SSSR count). The quantitative estimate of drug-likeness (QED) is 0.794. The van der Waals surface area contributed by atoms with E-state index >= 15 is 0 Å².